The second-order valence-corrected chi connectivity index (χ2v) is 7.64. The molecule has 28 heavy (non-hydrogen) atoms. The van der Waals surface area contributed by atoms with E-state index in [9.17, 15) is 4.79 Å². The van der Waals surface area contributed by atoms with Gasteiger partial charge in [0.25, 0.3) is 0 Å². The summed E-state index contributed by atoms with van der Waals surface area (Å²) in [4.78, 5) is 30.4. The molecule has 2 aliphatic rings. The summed E-state index contributed by atoms with van der Waals surface area (Å²) in [7, 11) is 0. The minimum atomic E-state index is 0.0768. The first kappa shape index (κ1) is 18.8. The van der Waals surface area contributed by atoms with E-state index in [0.717, 1.165) is 63.5 Å². The van der Waals surface area contributed by atoms with Gasteiger partial charge >= 0.3 is 0 Å². The monoisotopic (exact) mass is 380 g/mol. The second-order valence-electron chi connectivity index (χ2n) is 7.64. The fourth-order valence-electron chi connectivity index (χ4n) is 4.26. The fourth-order valence-corrected chi connectivity index (χ4v) is 4.26. The highest BCUT2D eigenvalue weighted by atomic mass is 16.1. The van der Waals surface area contributed by atoms with Gasteiger partial charge in [-0.25, -0.2) is 9.97 Å². The molecule has 2 saturated heterocycles. The smallest absolute Gasteiger partial charge is 0.225 e. The molecule has 2 aromatic heterocycles. The number of hydrogen-bond donors (Lipinski definition) is 1. The summed E-state index contributed by atoms with van der Waals surface area (Å²) >= 11 is 0. The number of aromatic nitrogens is 3. The van der Waals surface area contributed by atoms with Gasteiger partial charge in [-0.2, -0.15) is 0 Å². The molecule has 0 bridgehead atoms. The summed E-state index contributed by atoms with van der Waals surface area (Å²) in [5.74, 6) is 1.06. The van der Waals surface area contributed by atoms with Gasteiger partial charge in [-0.05, 0) is 50.4 Å². The molecule has 0 radical (unpaired) electrons. The van der Waals surface area contributed by atoms with Crippen molar-refractivity contribution in [3.63, 3.8) is 0 Å². The number of anilines is 1. The van der Waals surface area contributed by atoms with Gasteiger partial charge in [0.1, 0.15) is 0 Å². The van der Waals surface area contributed by atoms with Crippen LogP contribution in [0.4, 0.5) is 5.95 Å². The number of pyridine rings is 1. The van der Waals surface area contributed by atoms with Crippen LogP contribution in [0.1, 0.15) is 31.4 Å². The van der Waals surface area contributed by atoms with Gasteiger partial charge in [0, 0.05) is 44.3 Å². The van der Waals surface area contributed by atoms with Gasteiger partial charge in [-0.15, -0.1) is 0 Å². The third kappa shape index (κ3) is 4.65. The van der Waals surface area contributed by atoms with Crippen molar-refractivity contribution in [1.29, 1.82) is 0 Å². The van der Waals surface area contributed by atoms with Crippen LogP contribution in [-0.4, -0.2) is 58.0 Å². The summed E-state index contributed by atoms with van der Waals surface area (Å²) in [6.45, 7) is 4.41. The Bertz CT molecular complexity index is 748. The lowest BCUT2D eigenvalue weighted by atomic mass is 9.93. The number of piperidine rings is 2. The predicted molar refractivity (Wildman–Crippen MR) is 108 cm³/mol. The van der Waals surface area contributed by atoms with E-state index in [-0.39, 0.29) is 11.8 Å². The van der Waals surface area contributed by atoms with E-state index >= 15 is 0 Å². The summed E-state index contributed by atoms with van der Waals surface area (Å²) in [6, 6.07) is 8.18. The second kappa shape index (κ2) is 9.10. The lowest BCUT2D eigenvalue weighted by molar-refractivity contribution is -0.127. The Hall–Kier alpha value is -2.54. The van der Waals surface area contributed by atoms with Gasteiger partial charge in [0.15, 0.2) is 0 Å². The van der Waals surface area contributed by atoms with Crippen molar-refractivity contribution in [1.82, 2.24) is 25.2 Å². The van der Waals surface area contributed by atoms with Crippen LogP contribution in [-0.2, 0) is 11.3 Å². The van der Waals surface area contributed by atoms with Crippen LogP contribution in [0, 0.1) is 5.92 Å². The number of nitrogens with one attached hydrogen (secondary N) is 1. The zero-order valence-corrected chi connectivity index (χ0v) is 16.2. The Labute approximate surface area is 166 Å². The molecule has 1 N–H and O–H groups in total. The van der Waals surface area contributed by atoms with Crippen molar-refractivity contribution in [2.24, 2.45) is 5.92 Å². The molecule has 2 fully saturated rings. The number of amides is 1. The molecule has 0 saturated carbocycles. The average molecular weight is 380 g/mol. The lowest BCUT2D eigenvalue weighted by Gasteiger charge is -2.42. The van der Waals surface area contributed by atoms with Gasteiger partial charge in [0.2, 0.25) is 11.9 Å². The number of hydrogen-bond acceptors (Lipinski definition) is 6. The van der Waals surface area contributed by atoms with Crippen molar-refractivity contribution in [3.8, 4) is 0 Å². The summed E-state index contributed by atoms with van der Waals surface area (Å²) < 4.78 is 0. The predicted octanol–water partition coefficient (Wildman–Crippen LogP) is 1.87. The molecular formula is C21H28N6O. The van der Waals surface area contributed by atoms with Crippen LogP contribution >= 0.6 is 0 Å². The van der Waals surface area contributed by atoms with Crippen molar-refractivity contribution < 1.29 is 4.79 Å². The van der Waals surface area contributed by atoms with E-state index in [1.54, 1.807) is 18.6 Å². The van der Waals surface area contributed by atoms with Gasteiger partial charge in [-0.1, -0.05) is 6.07 Å². The van der Waals surface area contributed by atoms with E-state index in [2.05, 4.69) is 30.1 Å². The minimum Gasteiger partial charge on any atom is -0.350 e. The molecule has 2 aliphatic heterocycles. The van der Waals surface area contributed by atoms with Crippen molar-refractivity contribution in [3.05, 3.63) is 48.5 Å². The van der Waals surface area contributed by atoms with Gasteiger partial charge in [0.05, 0.1) is 18.2 Å². The SMILES string of the molecule is O=C(NCc1ccccn1)C1CCCN(C2CCN(c3ncccn3)CC2)C1. The topological polar surface area (TPSA) is 74.2 Å². The molecule has 1 amide bonds. The van der Waals surface area contributed by atoms with Crippen LogP contribution in [0.2, 0.25) is 0 Å². The van der Waals surface area contributed by atoms with Crippen LogP contribution in [0.5, 0.6) is 0 Å². The minimum absolute atomic E-state index is 0.0768. The maximum Gasteiger partial charge on any atom is 0.225 e. The molecule has 7 heteroatoms. The summed E-state index contributed by atoms with van der Waals surface area (Å²) in [5.41, 5.74) is 0.902. The molecule has 148 valence electrons. The molecule has 2 aromatic rings. The van der Waals surface area contributed by atoms with Crippen LogP contribution in [0.15, 0.2) is 42.9 Å². The third-order valence-electron chi connectivity index (χ3n) is 5.81. The van der Waals surface area contributed by atoms with E-state index < -0.39 is 0 Å². The summed E-state index contributed by atoms with van der Waals surface area (Å²) in [6.07, 6.45) is 9.61. The Balaban J connectivity index is 1.26. The number of likely N-dealkylation sites (tertiary alicyclic amines) is 1. The largest absolute Gasteiger partial charge is 0.350 e. The maximum atomic E-state index is 12.6. The molecule has 4 rings (SSSR count). The molecule has 1 unspecified atom stereocenters. The zero-order valence-electron chi connectivity index (χ0n) is 16.2. The normalized spacial score (nSPS) is 21.4. The quantitative estimate of drug-likeness (QED) is 0.854. The highest BCUT2D eigenvalue weighted by molar-refractivity contribution is 5.78. The third-order valence-corrected chi connectivity index (χ3v) is 5.81. The van der Waals surface area contributed by atoms with E-state index in [1.165, 1.54) is 0 Å². The zero-order chi connectivity index (χ0) is 19.2. The molecule has 0 aromatic carbocycles. The highest BCUT2D eigenvalue weighted by Gasteiger charge is 2.32. The number of nitrogens with zero attached hydrogens (tertiary/aromatic N) is 5. The average Bonchev–Trinajstić information content (AvgIpc) is 2.79. The first-order valence-electron chi connectivity index (χ1n) is 10.2. The highest BCUT2D eigenvalue weighted by Crippen LogP contribution is 2.25. The van der Waals surface area contributed by atoms with E-state index in [1.807, 2.05) is 24.3 Å². The van der Waals surface area contributed by atoms with Gasteiger partial charge in [-0.3, -0.25) is 14.7 Å². The molecule has 1 atom stereocenters. The fraction of sp³-hybridized carbons (Fsp3) is 0.524. The van der Waals surface area contributed by atoms with Crippen LogP contribution in [0.3, 0.4) is 0 Å². The molecule has 0 aliphatic carbocycles. The Kier molecular flexibility index (Phi) is 6.11. The van der Waals surface area contributed by atoms with E-state index in [4.69, 9.17) is 0 Å². The Morgan fingerprint density at radius 2 is 1.79 bits per heavy atom. The first-order valence-corrected chi connectivity index (χ1v) is 10.2. The number of rotatable bonds is 5. The number of carbonyl (C=O) groups is 1. The summed E-state index contributed by atoms with van der Waals surface area (Å²) in [5, 5.41) is 3.07. The van der Waals surface area contributed by atoms with E-state index in [0.29, 0.717) is 12.6 Å². The lowest BCUT2D eigenvalue weighted by Crippen LogP contribution is -2.51. The van der Waals surface area contributed by atoms with Crippen molar-refractivity contribution in [2.75, 3.05) is 31.1 Å². The standard InChI is InChI=1S/C21H28N6O/c28-20(25-15-18-6-1-2-9-22-18)17-5-3-12-27(16-17)19-7-13-26(14-8-19)21-23-10-4-11-24-21/h1-2,4,6,9-11,17,19H,3,5,7-8,12-16H2,(H,25,28). The Morgan fingerprint density at radius 3 is 2.54 bits per heavy atom. The van der Waals surface area contributed by atoms with Crippen molar-refractivity contribution in [2.45, 2.75) is 38.3 Å². The molecule has 4 heterocycles. The Morgan fingerprint density at radius 1 is 1.00 bits per heavy atom. The molecule has 0 spiro atoms. The maximum absolute atomic E-state index is 12.6. The van der Waals surface area contributed by atoms with Crippen molar-refractivity contribution >= 4 is 11.9 Å². The first-order chi connectivity index (χ1) is 13.8. The molecular weight excluding hydrogens is 352 g/mol. The molecule has 7 nitrogen and oxygen atoms in total. The van der Waals surface area contributed by atoms with Crippen LogP contribution < -0.4 is 10.2 Å². The van der Waals surface area contributed by atoms with Gasteiger partial charge < -0.3 is 10.2 Å². The number of carbonyl (C=O) groups excluding carboxylic acids is 1. The van der Waals surface area contributed by atoms with Crippen LogP contribution in [0.25, 0.3) is 0 Å².